The number of para-hydroxylation sites is 1. The van der Waals surface area contributed by atoms with Gasteiger partial charge in [-0.15, -0.1) is 0 Å². The van der Waals surface area contributed by atoms with Gasteiger partial charge < -0.3 is 9.72 Å². The Morgan fingerprint density at radius 2 is 1.68 bits per heavy atom. The number of ether oxygens (including phenoxy) is 1. The van der Waals surface area contributed by atoms with Crippen LogP contribution in [0.15, 0.2) is 83.9 Å². The molecule has 0 fully saturated rings. The maximum absolute atomic E-state index is 12.8. The Kier molecular flexibility index (Phi) is 5.71. The predicted molar refractivity (Wildman–Crippen MR) is 121 cm³/mol. The summed E-state index contributed by atoms with van der Waals surface area (Å²) in [5, 5.41) is 1.43. The number of benzene rings is 3. The summed E-state index contributed by atoms with van der Waals surface area (Å²) in [5.41, 5.74) is 2.25. The lowest BCUT2D eigenvalue weighted by Crippen LogP contribution is -2.26. The maximum Gasteiger partial charge on any atom is 0.315 e. The van der Waals surface area contributed by atoms with Crippen molar-refractivity contribution in [2.45, 2.75) is 11.3 Å². The van der Waals surface area contributed by atoms with Crippen molar-refractivity contribution in [3.05, 3.63) is 89.6 Å². The molecule has 1 heterocycles. The largest absolute Gasteiger partial charge is 0.426 e. The molecule has 0 saturated carbocycles. The predicted octanol–water partition coefficient (Wildman–Crippen LogP) is 4.79. The van der Waals surface area contributed by atoms with Gasteiger partial charge in [0, 0.05) is 29.2 Å². The molecule has 1 N–H and O–H groups in total. The van der Waals surface area contributed by atoms with Crippen LogP contribution < -0.4 is 9.04 Å². The fourth-order valence-corrected chi connectivity index (χ4v) is 4.55. The van der Waals surface area contributed by atoms with Crippen LogP contribution in [0.5, 0.6) is 5.75 Å². The van der Waals surface area contributed by atoms with Crippen LogP contribution in [0, 0.1) is 0 Å². The Bertz CT molecular complexity index is 1330. The monoisotopic (exact) mass is 454 g/mol. The van der Waals surface area contributed by atoms with Crippen molar-refractivity contribution in [2.75, 3.05) is 11.4 Å². The maximum atomic E-state index is 12.8. The Morgan fingerprint density at radius 3 is 2.39 bits per heavy atom. The van der Waals surface area contributed by atoms with Crippen LogP contribution in [0.4, 0.5) is 5.69 Å². The number of nitrogens with one attached hydrogen (secondary N) is 1. The van der Waals surface area contributed by atoms with Crippen molar-refractivity contribution in [2.24, 2.45) is 0 Å². The lowest BCUT2D eigenvalue weighted by molar-refractivity contribution is -0.133. The molecule has 1 aromatic heterocycles. The number of aromatic nitrogens is 1. The first kappa shape index (κ1) is 21.0. The van der Waals surface area contributed by atoms with E-state index in [0.717, 1.165) is 20.8 Å². The van der Waals surface area contributed by atoms with E-state index in [1.807, 2.05) is 24.3 Å². The van der Waals surface area contributed by atoms with Crippen LogP contribution >= 0.6 is 11.6 Å². The van der Waals surface area contributed by atoms with Gasteiger partial charge in [0.2, 0.25) is 0 Å². The number of carbonyl (C=O) groups excluding carboxylic acids is 1. The number of fused-ring (bicyclic) bond motifs is 1. The summed E-state index contributed by atoms with van der Waals surface area (Å²) in [6, 6.07) is 20.0. The van der Waals surface area contributed by atoms with E-state index in [1.165, 1.54) is 31.3 Å². The van der Waals surface area contributed by atoms with E-state index in [0.29, 0.717) is 16.5 Å². The van der Waals surface area contributed by atoms with Gasteiger partial charge in [0.15, 0.2) is 0 Å². The zero-order valence-electron chi connectivity index (χ0n) is 16.6. The normalized spacial score (nSPS) is 11.4. The van der Waals surface area contributed by atoms with Gasteiger partial charge >= 0.3 is 5.97 Å². The standard InChI is InChI=1S/C23H19ClN2O4S/c1-26(31(28,29)20-12-6-17(24)7-13-20)18-8-10-19(11-9-18)30-23(27)14-16-15-25-22-5-3-2-4-21(16)22/h2-13,15,25H,14H2,1H3. The number of carbonyl (C=O) groups is 1. The summed E-state index contributed by atoms with van der Waals surface area (Å²) in [5.74, 6) is -0.0643. The molecule has 0 aliphatic heterocycles. The second kappa shape index (κ2) is 8.45. The quantitative estimate of drug-likeness (QED) is 0.335. The third kappa shape index (κ3) is 4.42. The highest BCUT2D eigenvalue weighted by Gasteiger charge is 2.21. The fourth-order valence-electron chi connectivity index (χ4n) is 3.23. The Balaban J connectivity index is 1.45. The van der Waals surface area contributed by atoms with Crippen LogP contribution in [0.1, 0.15) is 5.56 Å². The average Bonchev–Trinajstić information content (AvgIpc) is 3.17. The van der Waals surface area contributed by atoms with Gasteiger partial charge in [0.05, 0.1) is 17.0 Å². The summed E-state index contributed by atoms with van der Waals surface area (Å²) in [6.45, 7) is 0. The zero-order chi connectivity index (χ0) is 22.0. The van der Waals surface area contributed by atoms with Crippen LogP contribution in [0.3, 0.4) is 0 Å². The molecular formula is C23H19ClN2O4S. The molecule has 0 saturated heterocycles. The van der Waals surface area contributed by atoms with E-state index >= 15 is 0 Å². The number of sulfonamides is 1. The molecule has 0 aliphatic rings. The third-order valence-electron chi connectivity index (χ3n) is 4.91. The second-order valence-electron chi connectivity index (χ2n) is 6.93. The van der Waals surface area contributed by atoms with Gasteiger partial charge in [0.25, 0.3) is 10.0 Å². The number of hydrogen-bond donors (Lipinski definition) is 1. The number of H-pyrrole nitrogens is 1. The molecule has 4 aromatic rings. The lowest BCUT2D eigenvalue weighted by atomic mass is 10.1. The van der Waals surface area contributed by atoms with Crippen molar-refractivity contribution >= 4 is 44.2 Å². The fraction of sp³-hybridized carbons (Fsp3) is 0.0870. The number of anilines is 1. The number of nitrogens with zero attached hydrogens (tertiary/aromatic N) is 1. The summed E-state index contributed by atoms with van der Waals surface area (Å²) < 4.78 is 32.2. The molecule has 0 atom stereocenters. The number of aromatic amines is 1. The Hall–Kier alpha value is -3.29. The molecule has 0 bridgehead atoms. The summed E-state index contributed by atoms with van der Waals surface area (Å²) in [4.78, 5) is 15.6. The van der Waals surface area contributed by atoms with Gasteiger partial charge in [-0.2, -0.15) is 0 Å². The highest BCUT2D eigenvalue weighted by Crippen LogP contribution is 2.26. The number of esters is 1. The minimum Gasteiger partial charge on any atom is -0.426 e. The van der Waals surface area contributed by atoms with Crippen molar-refractivity contribution in [3.8, 4) is 5.75 Å². The molecular weight excluding hydrogens is 436 g/mol. The zero-order valence-corrected chi connectivity index (χ0v) is 18.2. The number of rotatable bonds is 6. The molecule has 3 aromatic carbocycles. The molecule has 158 valence electrons. The van der Waals surface area contributed by atoms with E-state index in [-0.39, 0.29) is 11.3 Å². The topological polar surface area (TPSA) is 79.5 Å². The third-order valence-corrected chi connectivity index (χ3v) is 6.97. The highest BCUT2D eigenvalue weighted by molar-refractivity contribution is 7.92. The minimum atomic E-state index is -3.74. The van der Waals surface area contributed by atoms with Crippen molar-refractivity contribution < 1.29 is 17.9 Å². The first-order valence-electron chi connectivity index (χ1n) is 9.45. The molecule has 0 unspecified atom stereocenters. The molecule has 8 heteroatoms. The van der Waals surface area contributed by atoms with Crippen molar-refractivity contribution in [1.29, 1.82) is 0 Å². The number of halogens is 1. The first-order valence-corrected chi connectivity index (χ1v) is 11.3. The van der Waals surface area contributed by atoms with Gasteiger partial charge in [-0.1, -0.05) is 29.8 Å². The summed E-state index contributed by atoms with van der Waals surface area (Å²) >= 11 is 5.84. The molecule has 0 aliphatic carbocycles. The van der Waals surface area contributed by atoms with Crippen LogP contribution in [0.25, 0.3) is 10.9 Å². The number of hydrogen-bond acceptors (Lipinski definition) is 4. The first-order chi connectivity index (χ1) is 14.8. The Labute approximate surface area is 185 Å². The molecule has 31 heavy (non-hydrogen) atoms. The van der Waals surface area contributed by atoms with Gasteiger partial charge in [-0.3, -0.25) is 9.10 Å². The second-order valence-corrected chi connectivity index (χ2v) is 9.34. The van der Waals surface area contributed by atoms with Gasteiger partial charge in [-0.25, -0.2) is 8.42 Å². The van der Waals surface area contributed by atoms with Crippen LogP contribution in [-0.4, -0.2) is 26.4 Å². The van der Waals surface area contributed by atoms with Crippen LogP contribution in [-0.2, 0) is 21.2 Å². The van der Waals surface area contributed by atoms with E-state index < -0.39 is 16.0 Å². The van der Waals surface area contributed by atoms with Gasteiger partial charge in [-0.05, 0) is 60.2 Å². The van der Waals surface area contributed by atoms with E-state index in [1.54, 1.807) is 30.5 Å². The highest BCUT2D eigenvalue weighted by atomic mass is 35.5. The summed E-state index contributed by atoms with van der Waals surface area (Å²) in [7, 11) is -2.28. The molecule has 4 rings (SSSR count). The minimum absolute atomic E-state index is 0.122. The van der Waals surface area contributed by atoms with Crippen molar-refractivity contribution in [3.63, 3.8) is 0 Å². The van der Waals surface area contributed by atoms with E-state index in [2.05, 4.69) is 4.98 Å². The average molecular weight is 455 g/mol. The molecule has 0 amide bonds. The lowest BCUT2D eigenvalue weighted by Gasteiger charge is -2.19. The van der Waals surface area contributed by atoms with E-state index in [9.17, 15) is 13.2 Å². The molecule has 0 radical (unpaired) electrons. The van der Waals surface area contributed by atoms with E-state index in [4.69, 9.17) is 16.3 Å². The smallest absolute Gasteiger partial charge is 0.315 e. The van der Waals surface area contributed by atoms with Crippen LogP contribution in [0.2, 0.25) is 5.02 Å². The summed E-state index contributed by atoms with van der Waals surface area (Å²) in [6.07, 6.45) is 1.92. The SMILES string of the molecule is CN(c1ccc(OC(=O)Cc2c[nH]c3ccccc23)cc1)S(=O)(=O)c1ccc(Cl)cc1. The van der Waals surface area contributed by atoms with Gasteiger partial charge in [0.1, 0.15) is 5.75 Å². The molecule has 6 nitrogen and oxygen atoms in total. The van der Waals surface area contributed by atoms with Crippen molar-refractivity contribution in [1.82, 2.24) is 4.98 Å². The Morgan fingerprint density at radius 1 is 1.00 bits per heavy atom. The molecule has 0 spiro atoms.